The molecule has 0 spiro atoms. The molecule has 2 heteroatoms. The highest BCUT2D eigenvalue weighted by atomic mass is 16.4. The summed E-state index contributed by atoms with van der Waals surface area (Å²) in [6.45, 7) is 2.18. The zero-order valence-corrected chi connectivity index (χ0v) is 9.65. The van der Waals surface area contributed by atoms with Gasteiger partial charge in [-0.25, -0.2) is 0 Å². The standard InChI is InChI=1S/C14H18O2/c1-2-3-10-4-6-11(7-5-10)8-12-9-13(12)14(15)16/h4-7,12-13H,2-3,8-9H2,1H3,(H,15,16)/t12-,13+/m1/s1. The third-order valence-electron chi connectivity index (χ3n) is 3.30. The lowest BCUT2D eigenvalue weighted by atomic mass is 10.0. The zero-order valence-electron chi connectivity index (χ0n) is 9.65. The van der Waals surface area contributed by atoms with E-state index in [4.69, 9.17) is 5.11 Å². The van der Waals surface area contributed by atoms with Crippen LogP contribution in [0.1, 0.15) is 30.9 Å². The van der Waals surface area contributed by atoms with Crippen LogP contribution in [0.25, 0.3) is 0 Å². The summed E-state index contributed by atoms with van der Waals surface area (Å²) in [5.74, 6) is -0.350. The molecule has 1 fully saturated rings. The fourth-order valence-corrected chi connectivity index (χ4v) is 2.21. The molecule has 2 atom stereocenters. The largest absolute Gasteiger partial charge is 0.481 e. The zero-order chi connectivity index (χ0) is 11.5. The highest BCUT2D eigenvalue weighted by Crippen LogP contribution is 2.41. The van der Waals surface area contributed by atoms with Crippen molar-refractivity contribution in [1.82, 2.24) is 0 Å². The molecule has 0 amide bonds. The first-order chi connectivity index (χ1) is 7.70. The van der Waals surface area contributed by atoms with Gasteiger partial charge < -0.3 is 5.11 Å². The topological polar surface area (TPSA) is 37.3 Å². The van der Waals surface area contributed by atoms with Crippen molar-refractivity contribution in [2.45, 2.75) is 32.6 Å². The van der Waals surface area contributed by atoms with E-state index in [1.54, 1.807) is 0 Å². The molecule has 1 aromatic carbocycles. The molecule has 1 aliphatic carbocycles. The van der Waals surface area contributed by atoms with Gasteiger partial charge in [0.1, 0.15) is 0 Å². The van der Waals surface area contributed by atoms with Crippen molar-refractivity contribution in [2.75, 3.05) is 0 Å². The minimum atomic E-state index is -0.632. The van der Waals surface area contributed by atoms with Gasteiger partial charge in [0, 0.05) is 0 Å². The van der Waals surface area contributed by atoms with Gasteiger partial charge in [-0.15, -0.1) is 0 Å². The third-order valence-corrected chi connectivity index (χ3v) is 3.30. The van der Waals surface area contributed by atoms with Crippen LogP contribution in [0.4, 0.5) is 0 Å². The molecule has 0 bridgehead atoms. The molecule has 16 heavy (non-hydrogen) atoms. The van der Waals surface area contributed by atoms with Gasteiger partial charge in [0.2, 0.25) is 0 Å². The van der Waals surface area contributed by atoms with Gasteiger partial charge in [-0.05, 0) is 36.3 Å². The van der Waals surface area contributed by atoms with Crippen molar-refractivity contribution >= 4 is 5.97 Å². The molecule has 1 aromatic rings. The molecule has 0 saturated heterocycles. The van der Waals surface area contributed by atoms with Gasteiger partial charge in [-0.2, -0.15) is 0 Å². The van der Waals surface area contributed by atoms with E-state index in [0.717, 1.165) is 19.3 Å². The Bertz CT molecular complexity index is 367. The fourth-order valence-electron chi connectivity index (χ4n) is 2.21. The molecule has 0 heterocycles. The monoisotopic (exact) mass is 218 g/mol. The summed E-state index contributed by atoms with van der Waals surface area (Å²) >= 11 is 0. The number of rotatable bonds is 5. The van der Waals surface area contributed by atoms with Crippen molar-refractivity contribution < 1.29 is 9.90 Å². The summed E-state index contributed by atoms with van der Waals surface area (Å²) in [5.41, 5.74) is 2.64. The summed E-state index contributed by atoms with van der Waals surface area (Å²) < 4.78 is 0. The Morgan fingerprint density at radius 2 is 1.94 bits per heavy atom. The maximum absolute atomic E-state index is 10.7. The maximum atomic E-state index is 10.7. The lowest BCUT2D eigenvalue weighted by Gasteiger charge is -2.02. The Labute approximate surface area is 96.3 Å². The van der Waals surface area contributed by atoms with Crippen LogP contribution in [0, 0.1) is 11.8 Å². The molecule has 1 saturated carbocycles. The Morgan fingerprint density at radius 1 is 1.31 bits per heavy atom. The second kappa shape index (κ2) is 4.69. The molecule has 0 aromatic heterocycles. The lowest BCUT2D eigenvalue weighted by molar-refractivity contribution is -0.138. The second-order valence-corrected chi connectivity index (χ2v) is 4.71. The highest BCUT2D eigenvalue weighted by Gasteiger charge is 2.42. The number of carboxylic acids is 1. The van der Waals surface area contributed by atoms with Gasteiger partial charge in [-0.1, -0.05) is 37.6 Å². The Kier molecular flexibility index (Phi) is 3.28. The van der Waals surface area contributed by atoms with Crippen LogP contribution in [0.2, 0.25) is 0 Å². The summed E-state index contributed by atoms with van der Waals surface area (Å²) in [4.78, 5) is 10.7. The molecular weight excluding hydrogens is 200 g/mol. The molecule has 2 rings (SSSR count). The van der Waals surface area contributed by atoms with Crippen molar-refractivity contribution in [2.24, 2.45) is 11.8 Å². The van der Waals surface area contributed by atoms with E-state index in [1.165, 1.54) is 17.5 Å². The average Bonchev–Trinajstić information content (AvgIpc) is 3.01. The molecule has 0 aliphatic heterocycles. The van der Waals surface area contributed by atoms with Crippen LogP contribution >= 0.6 is 0 Å². The summed E-state index contributed by atoms with van der Waals surface area (Å²) in [6, 6.07) is 8.61. The van der Waals surface area contributed by atoms with E-state index >= 15 is 0 Å². The first kappa shape index (κ1) is 11.2. The van der Waals surface area contributed by atoms with E-state index in [9.17, 15) is 4.79 Å². The normalized spacial score (nSPS) is 23.1. The average molecular weight is 218 g/mol. The summed E-state index contributed by atoms with van der Waals surface area (Å²) in [5, 5.41) is 8.82. The summed E-state index contributed by atoms with van der Waals surface area (Å²) in [7, 11) is 0. The SMILES string of the molecule is CCCc1ccc(C[C@@H]2C[C@@H]2C(=O)O)cc1. The van der Waals surface area contributed by atoms with Gasteiger partial charge in [0.05, 0.1) is 5.92 Å². The highest BCUT2D eigenvalue weighted by molar-refractivity contribution is 5.73. The van der Waals surface area contributed by atoms with Crippen molar-refractivity contribution in [3.8, 4) is 0 Å². The number of carbonyl (C=O) groups is 1. The minimum Gasteiger partial charge on any atom is -0.481 e. The van der Waals surface area contributed by atoms with Crippen LogP contribution in [0.3, 0.4) is 0 Å². The molecule has 86 valence electrons. The Morgan fingerprint density at radius 3 is 2.44 bits per heavy atom. The molecule has 1 aliphatic rings. The Hall–Kier alpha value is -1.31. The first-order valence-corrected chi connectivity index (χ1v) is 6.01. The van der Waals surface area contributed by atoms with Gasteiger partial charge in [-0.3, -0.25) is 4.79 Å². The fraction of sp³-hybridized carbons (Fsp3) is 0.500. The van der Waals surface area contributed by atoms with Crippen LogP contribution in [0.15, 0.2) is 24.3 Å². The predicted molar refractivity (Wildman–Crippen MR) is 63.4 cm³/mol. The maximum Gasteiger partial charge on any atom is 0.306 e. The quantitative estimate of drug-likeness (QED) is 0.825. The van der Waals surface area contributed by atoms with Crippen molar-refractivity contribution in [3.63, 3.8) is 0 Å². The second-order valence-electron chi connectivity index (χ2n) is 4.71. The molecule has 0 unspecified atom stereocenters. The van der Waals surface area contributed by atoms with Crippen LogP contribution in [0.5, 0.6) is 0 Å². The number of aryl methyl sites for hydroxylation is 1. The lowest BCUT2D eigenvalue weighted by Crippen LogP contribution is -2.01. The van der Waals surface area contributed by atoms with Gasteiger partial charge in [0.25, 0.3) is 0 Å². The van der Waals surface area contributed by atoms with E-state index in [2.05, 4.69) is 31.2 Å². The summed E-state index contributed by atoms with van der Waals surface area (Å²) in [6.07, 6.45) is 4.07. The number of hydrogen-bond donors (Lipinski definition) is 1. The molecule has 0 radical (unpaired) electrons. The van der Waals surface area contributed by atoms with Gasteiger partial charge >= 0.3 is 5.97 Å². The number of benzene rings is 1. The molecular formula is C14H18O2. The molecule has 2 nitrogen and oxygen atoms in total. The number of carboxylic acid groups (broad SMARTS) is 1. The van der Waals surface area contributed by atoms with Crippen LogP contribution < -0.4 is 0 Å². The Balaban J connectivity index is 1.89. The first-order valence-electron chi connectivity index (χ1n) is 6.01. The number of hydrogen-bond acceptors (Lipinski definition) is 1. The van der Waals surface area contributed by atoms with Crippen molar-refractivity contribution in [3.05, 3.63) is 35.4 Å². The number of aliphatic carboxylic acids is 1. The van der Waals surface area contributed by atoms with Crippen LogP contribution in [-0.2, 0) is 17.6 Å². The third kappa shape index (κ3) is 2.63. The molecule has 1 N–H and O–H groups in total. The van der Waals surface area contributed by atoms with E-state index in [1.807, 2.05) is 0 Å². The van der Waals surface area contributed by atoms with Crippen molar-refractivity contribution in [1.29, 1.82) is 0 Å². The van der Waals surface area contributed by atoms with Crippen LogP contribution in [-0.4, -0.2) is 11.1 Å². The predicted octanol–water partition coefficient (Wildman–Crippen LogP) is 2.90. The van der Waals surface area contributed by atoms with E-state index < -0.39 is 5.97 Å². The van der Waals surface area contributed by atoms with Gasteiger partial charge in [0.15, 0.2) is 0 Å². The van der Waals surface area contributed by atoms with E-state index in [0.29, 0.717) is 5.92 Å². The smallest absolute Gasteiger partial charge is 0.306 e. The van der Waals surface area contributed by atoms with E-state index in [-0.39, 0.29) is 5.92 Å². The minimum absolute atomic E-state index is 0.0877.